The van der Waals surface area contributed by atoms with Crippen LogP contribution >= 0.6 is 23.2 Å². The number of rotatable bonds is 9. The second kappa shape index (κ2) is 10.4. The number of pyridine rings is 1. The number of nitrogens with zero attached hydrogens (tertiary/aromatic N) is 2. The molecule has 4 N–H and O–H groups in total. The summed E-state index contributed by atoms with van der Waals surface area (Å²) in [6.45, 7) is 0.319. The number of carbonyl (C=O) groups is 2. The number of halogens is 2. The first-order valence-corrected chi connectivity index (χ1v) is 13.0. The molecule has 10 nitrogen and oxygen atoms in total. The quantitative estimate of drug-likeness (QED) is 0.251. The van der Waals surface area contributed by atoms with E-state index in [9.17, 15) is 18.0 Å². The van der Waals surface area contributed by atoms with Crippen LogP contribution in [0.3, 0.4) is 0 Å². The maximum atomic E-state index is 13.2. The van der Waals surface area contributed by atoms with Gasteiger partial charge in [-0.05, 0) is 48.2 Å². The highest BCUT2D eigenvalue weighted by molar-refractivity contribution is 7.90. The fourth-order valence-electron chi connectivity index (χ4n) is 3.77. The van der Waals surface area contributed by atoms with Crippen LogP contribution in [-0.2, 0) is 31.6 Å². The predicted molar refractivity (Wildman–Crippen MR) is 125 cm³/mol. The van der Waals surface area contributed by atoms with Crippen LogP contribution in [0.1, 0.15) is 24.0 Å². The Balaban J connectivity index is 1.72. The van der Waals surface area contributed by atoms with Crippen molar-refractivity contribution < 1.29 is 28.0 Å². The minimum atomic E-state index is -3.39. The molecule has 0 bridgehead atoms. The molecule has 1 aromatic heterocycles. The van der Waals surface area contributed by atoms with Gasteiger partial charge in [-0.15, -0.1) is 0 Å². The van der Waals surface area contributed by atoms with Crippen LogP contribution in [0.4, 0.5) is 0 Å². The molecular formula is C21H24Cl2N4O6S. The summed E-state index contributed by atoms with van der Waals surface area (Å²) in [6, 6.07) is 8.72. The van der Waals surface area contributed by atoms with Gasteiger partial charge in [-0.25, -0.2) is 18.9 Å². The van der Waals surface area contributed by atoms with Crippen LogP contribution < -0.4 is 16.0 Å². The Bertz CT molecular complexity index is 1160. The molecule has 2 amide bonds. The van der Waals surface area contributed by atoms with E-state index in [1.165, 1.54) is 10.4 Å². The monoisotopic (exact) mass is 530 g/mol. The Morgan fingerprint density at radius 2 is 1.91 bits per heavy atom. The first-order valence-electron chi connectivity index (χ1n) is 10.2. The van der Waals surface area contributed by atoms with E-state index < -0.39 is 33.2 Å². The van der Waals surface area contributed by atoms with Crippen molar-refractivity contribution >= 4 is 44.9 Å². The van der Waals surface area contributed by atoms with Gasteiger partial charge in [-0.1, -0.05) is 35.3 Å². The summed E-state index contributed by atoms with van der Waals surface area (Å²) in [7, 11) is -3.39. The van der Waals surface area contributed by atoms with Crippen molar-refractivity contribution in [1.82, 2.24) is 15.4 Å². The summed E-state index contributed by atoms with van der Waals surface area (Å²) < 4.78 is 28.8. The topological polar surface area (TPSA) is 152 Å². The Morgan fingerprint density at radius 1 is 1.29 bits per heavy atom. The second-order valence-electron chi connectivity index (χ2n) is 8.06. The summed E-state index contributed by atoms with van der Waals surface area (Å²) in [4.78, 5) is 30.4. The number of carbonyl (C=O) groups excluding carboxylic acids is 2. The molecule has 0 radical (unpaired) electrons. The number of amides is 2. The second-order valence-corrected chi connectivity index (χ2v) is 11.1. The fourth-order valence-corrected chi connectivity index (χ4v) is 4.93. The van der Waals surface area contributed by atoms with E-state index in [0.29, 0.717) is 11.3 Å². The number of likely N-dealkylation sites (tertiary alicyclic amines) is 1. The summed E-state index contributed by atoms with van der Waals surface area (Å²) in [5.74, 6) is -1.22. The van der Waals surface area contributed by atoms with E-state index in [-0.39, 0.29) is 42.1 Å². The molecule has 0 spiro atoms. The first kappa shape index (κ1) is 26.2. The Labute approximate surface area is 206 Å². The van der Waals surface area contributed by atoms with Gasteiger partial charge in [0.05, 0.1) is 5.75 Å². The van der Waals surface area contributed by atoms with Crippen molar-refractivity contribution in [1.29, 1.82) is 0 Å². The summed E-state index contributed by atoms with van der Waals surface area (Å²) in [6.07, 6.45) is 1.07. The summed E-state index contributed by atoms with van der Waals surface area (Å²) >= 11 is 11.8. The molecule has 34 heavy (non-hydrogen) atoms. The number of nitrogens with one attached hydrogen (secondary N) is 1. The van der Waals surface area contributed by atoms with Crippen LogP contribution in [0, 0.1) is 0 Å². The Morgan fingerprint density at radius 3 is 2.47 bits per heavy atom. The number of hydrogen-bond acceptors (Lipinski definition) is 8. The van der Waals surface area contributed by atoms with Crippen molar-refractivity contribution in [3.63, 3.8) is 0 Å². The third-order valence-electron chi connectivity index (χ3n) is 5.54. The average Bonchev–Trinajstić information content (AvgIpc) is 3.07. The number of hydroxylamine groups is 1. The molecule has 13 heteroatoms. The van der Waals surface area contributed by atoms with E-state index in [1.807, 2.05) is 0 Å². The minimum absolute atomic E-state index is 0.124. The predicted octanol–water partition coefficient (Wildman–Crippen LogP) is 1.66. The van der Waals surface area contributed by atoms with Crippen LogP contribution in [0.2, 0.25) is 10.3 Å². The maximum absolute atomic E-state index is 13.2. The Hall–Kier alpha value is -2.44. The molecule has 2 aromatic rings. The van der Waals surface area contributed by atoms with Crippen LogP contribution in [0.25, 0.3) is 0 Å². The third kappa shape index (κ3) is 6.16. The fraction of sp³-hybridized carbons (Fsp3) is 0.381. The third-order valence-corrected chi connectivity index (χ3v) is 6.90. The highest BCUT2D eigenvalue weighted by Crippen LogP contribution is 2.34. The van der Waals surface area contributed by atoms with E-state index in [2.05, 4.69) is 4.98 Å². The lowest BCUT2D eigenvalue weighted by Crippen LogP contribution is -2.52. The van der Waals surface area contributed by atoms with Gasteiger partial charge in [0, 0.05) is 12.8 Å². The van der Waals surface area contributed by atoms with Gasteiger partial charge >= 0.3 is 0 Å². The molecule has 0 aliphatic carbocycles. The standard InChI is InChI=1S/C21H24Cl2N4O6S/c1-34(31,32)9-6-16(19(28)26-30)27-8-7-21(24,20(27)29)14-2-4-15(5-3-14)33-12-13-10-17(22)25-18(23)11-13/h2-5,10-11,16,30H,6-9,12,24H2,1H3,(H,26,28). The van der Waals surface area contributed by atoms with Gasteiger partial charge in [0.15, 0.2) is 0 Å². The van der Waals surface area contributed by atoms with Gasteiger partial charge in [0.1, 0.15) is 44.1 Å². The normalized spacial score (nSPS) is 19.2. The molecule has 1 aromatic carbocycles. The summed E-state index contributed by atoms with van der Waals surface area (Å²) in [5.41, 5.74) is 7.77. The Kier molecular flexibility index (Phi) is 8.04. The first-order chi connectivity index (χ1) is 15.9. The highest BCUT2D eigenvalue weighted by Gasteiger charge is 2.48. The average molecular weight is 531 g/mol. The number of sulfone groups is 1. The lowest BCUT2D eigenvalue weighted by Gasteiger charge is -2.29. The van der Waals surface area contributed by atoms with E-state index >= 15 is 0 Å². The van der Waals surface area contributed by atoms with E-state index in [0.717, 1.165) is 11.8 Å². The molecule has 1 aliphatic rings. The number of aromatic nitrogens is 1. The zero-order valence-corrected chi connectivity index (χ0v) is 20.5. The van der Waals surface area contributed by atoms with E-state index in [1.54, 1.807) is 36.4 Å². The van der Waals surface area contributed by atoms with Gasteiger partial charge in [0.2, 0.25) is 5.91 Å². The number of hydrogen-bond donors (Lipinski definition) is 3. The van der Waals surface area contributed by atoms with Crippen LogP contribution in [0.5, 0.6) is 5.75 Å². The molecule has 1 saturated heterocycles. The minimum Gasteiger partial charge on any atom is -0.489 e. The zero-order valence-electron chi connectivity index (χ0n) is 18.2. The summed E-state index contributed by atoms with van der Waals surface area (Å²) in [5, 5.41) is 9.57. The lowest BCUT2D eigenvalue weighted by molar-refractivity contribution is -0.144. The number of nitrogens with two attached hydrogens (primary N) is 1. The van der Waals surface area contributed by atoms with Crippen molar-refractivity contribution in [2.75, 3.05) is 18.6 Å². The molecule has 2 unspecified atom stereocenters. The molecule has 2 heterocycles. The van der Waals surface area contributed by atoms with Gasteiger partial charge in [0.25, 0.3) is 5.91 Å². The van der Waals surface area contributed by atoms with Crippen molar-refractivity contribution in [2.24, 2.45) is 5.73 Å². The molecular weight excluding hydrogens is 507 g/mol. The van der Waals surface area contributed by atoms with Gasteiger partial charge in [-0.3, -0.25) is 14.8 Å². The number of benzene rings is 1. The lowest BCUT2D eigenvalue weighted by atomic mass is 9.89. The molecule has 3 rings (SSSR count). The molecule has 1 aliphatic heterocycles. The smallest absolute Gasteiger partial charge is 0.266 e. The van der Waals surface area contributed by atoms with E-state index in [4.69, 9.17) is 38.9 Å². The highest BCUT2D eigenvalue weighted by atomic mass is 35.5. The largest absolute Gasteiger partial charge is 0.489 e. The maximum Gasteiger partial charge on any atom is 0.266 e. The van der Waals surface area contributed by atoms with Crippen molar-refractivity contribution in [3.8, 4) is 5.75 Å². The van der Waals surface area contributed by atoms with Crippen LogP contribution in [0.15, 0.2) is 36.4 Å². The molecule has 1 fully saturated rings. The molecule has 2 atom stereocenters. The number of ether oxygens (including phenoxy) is 1. The zero-order chi connectivity index (χ0) is 25.1. The SMILES string of the molecule is CS(=O)(=O)CCC(C(=O)NO)N1CCC(N)(c2ccc(OCc3cc(Cl)nc(Cl)c3)cc2)C1=O. The van der Waals surface area contributed by atoms with Crippen molar-refractivity contribution in [3.05, 3.63) is 57.8 Å². The molecule has 0 saturated carbocycles. The van der Waals surface area contributed by atoms with Crippen molar-refractivity contribution in [2.45, 2.75) is 31.0 Å². The van der Waals surface area contributed by atoms with Gasteiger partial charge < -0.3 is 15.4 Å². The molecule has 184 valence electrons. The van der Waals surface area contributed by atoms with Crippen LogP contribution in [-0.4, -0.2) is 59.9 Å². The van der Waals surface area contributed by atoms with Gasteiger partial charge in [-0.2, -0.15) is 0 Å².